The summed E-state index contributed by atoms with van der Waals surface area (Å²) in [6, 6.07) is 15.4. The monoisotopic (exact) mass is 488 g/mol. The molecular weight excluding hydrogens is 464 g/mol. The number of hydrogen-bond donors (Lipinski definition) is 1. The van der Waals surface area contributed by atoms with Crippen LogP contribution in [0.1, 0.15) is 41.0 Å². The molecule has 2 aromatic carbocycles. The van der Waals surface area contributed by atoms with Gasteiger partial charge in [0.2, 0.25) is 0 Å². The maximum Gasteiger partial charge on any atom is 0.286 e. The molecule has 1 saturated heterocycles. The first kappa shape index (κ1) is 23.1. The lowest BCUT2D eigenvalue weighted by atomic mass is 10.0. The van der Waals surface area contributed by atoms with Crippen molar-refractivity contribution in [3.8, 4) is 22.5 Å². The summed E-state index contributed by atoms with van der Waals surface area (Å²) in [4.78, 5) is 24.7. The fourth-order valence-electron chi connectivity index (χ4n) is 4.08. The molecule has 178 valence electrons. The summed E-state index contributed by atoms with van der Waals surface area (Å²) < 4.78 is 0. The highest BCUT2D eigenvalue weighted by molar-refractivity contribution is 6.30. The highest BCUT2D eigenvalue weighted by atomic mass is 35.5. The van der Waals surface area contributed by atoms with Gasteiger partial charge in [-0.05, 0) is 37.1 Å². The Balaban J connectivity index is 1.64. The maximum atomic E-state index is 13.5. The van der Waals surface area contributed by atoms with Crippen LogP contribution in [0.5, 0.6) is 0 Å². The van der Waals surface area contributed by atoms with Gasteiger partial charge in [0.15, 0.2) is 12.0 Å². The molecule has 0 spiro atoms. The minimum Gasteiger partial charge on any atom is -0.283 e. The van der Waals surface area contributed by atoms with E-state index in [-0.39, 0.29) is 18.1 Å². The van der Waals surface area contributed by atoms with Crippen molar-refractivity contribution < 1.29 is 4.79 Å². The van der Waals surface area contributed by atoms with E-state index in [9.17, 15) is 4.79 Å². The molecule has 9 nitrogen and oxygen atoms in total. The van der Waals surface area contributed by atoms with Gasteiger partial charge in [-0.2, -0.15) is 4.80 Å². The minimum absolute atomic E-state index is 0.162. The van der Waals surface area contributed by atoms with Crippen LogP contribution in [0.2, 0.25) is 5.02 Å². The SMILES string of the molecule is Cc1ccc(-c2nc(Cn3ncnn3)c(C(=O)NN3CCCCC3)nc2-c2ccc(Cl)cc2)cc1. The molecule has 35 heavy (non-hydrogen) atoms. The number of tetrazole rings is 1. The van der Waals surface area contributed by atoms with E-state index >= 15 is 0 Å². The summed E-state index contributed by atoms with van der Waals surface area (Å²) in [5, 5.41) is 14.4. The smallest absolute Gasteiger partial charge is 0.283 e. The molecule has 0 unspecified atom stereocenters. The lowest BCUT2D eigenvalue weighted by Crippen LogP contribution is -2.45. The van der Waals surface area contributed by atoms with Crippen molar-refractivity contribution in [2.45, 2.75) is 32.7 Å². The average Bonchev–Trinajstić information content (AvgIpc) is 3.39. The Morgan fingerprint density at radius 2 is 1.60 bits per heavy atom. The molecule has 0 saturated carbocycles. The van der Waals surface area contributed by atoms with Crippen LogP contribution in [0.3, 0.4) is 0 Å². The predicted octanol–water partition coefficient (Wildman–Crippen LogP) is 3.94. The van der Waals surface area contributed by atoms with Crippen molar-refractivity contribution in [3.63, 3.8) is 0 Å². The van der Waals surface area contributed by atoms with Gasteiger partial charge in [0, 0.05) is 29.2 Å². The van der Waals surface area contributed by atoms with Crippen molar-refractivity contribution in [3.05, 3.63) is 76.8 Å². The van der Waals surface area contributed by atoms with Gasteiger partial charge in [-0.25, -0.2) is 15.0 Å². The number of rotatable bonds is 6. The fraction of sp³-hybridized carbons (Fsp3) is 0.280. The Hall–Kier alpha value is -3.69. The third kappa shape index (κ3) is 5.36. The molecule has 4 aromatic rings. The van der Waals surface area contributed by atoms with Gasteiger partial charge in [-0.3, -0.25) is 10.2 Å². The Morgan fingerprint density at radius 3 is 2.26 bits per heavy atom. The van der Waals surface area contributed by atoms with Gasteiger partial charge in [0.05, 0.1) is 17.1 Å². The van der Waals surface area contributed by atoms with Gasteiger partial charge in [0.25, 0.3) is 5.91 Å². The zero-order valence-corrected chi connectivity index (χ0v) is 20.1. The minimum atomic E-state index is -0.305. The van der Waals surface area contributed by atoms with Crippen LogP contribution < -0.4 is 5.43 Å². The zero-order valence-electron chi connectivity index (χ0n) is 19.4. The third-order valence-corrected chi connectivity index (χ3v) is 6.18. The van der Waals surface area contributed by atoms with Gasteiger partial charge >= 0.3 is 0 Å². The van der Waals surface area contributed by atoms with Gasteiger partial charge in [0.1, 0.15) is 6.54 Å². The van der Waals surface area contributed by atoms with Crippen LogP contribution in [0.4, 0.5) is 0 Å². The van der Waals surface area contributed by atoms with Crippen molar-refractivity contribution in [1.82, 2.24) is 40.6 Å². The number of hydrazine groups is 1. The van der Waals surface area contributed by atoms with Crippen LogP contribution >= 0.6 is 11.6 Å². The van der Waals surface area contributed by atoms with Crippen LogP contribution in [-0.2, 0) is 6.54 Å². The number of benzene rings is 2. The van der Waals surface area contributed by atoms with E-state index in [4.69, 9.17) is 21.6 Å². The molecule has 0 bridgehead atoms. The van der Waals surface area contributed by atoms with Crippen molar-refractivity contribution in [2.75, 3.05) is 13.1 Å². The van der Waals surface area contributed by atoms with Crippen LogP contribution in [0.15, 0.2) is 54.9 Å². The molecule has 0 aliphatic carbocycles. The second-order valence-electron chi connectivity index (χ2n) is 8.54. The van der Waals surface area contributed by atoms with Crippen molar-refractivity contribution in [2.24, 2.45) is 0 Å². The first-order chi connectivity index (χ1) is 17.1. The van der Waals surface area contributed by atoms with E-state index in [1.165, 1.54) is 17.5 Å². The summed E-state index contributed by atoms with van der Waals surface area (Å²) in [6.07, 6.45) is 4.61. The Bertz CT molecular complexity index is 1300. The molecule has 1 fully saturated rings. The standard InChI is InChI=1S/C25H25ClN8O/c1-17-5-7-18(8-6-17)22-23(19-9-11-20(26)12-10-19)30-24(21(29-22)15-34-28-16-27-32-34)25(35)31-33-13-3-2-4-14-33/h5-12,16H,2-4,13-15H2,1H3,(H,31,35). The molecule has 1 N–H and O–H groups in total. The molecule has 3 heterocycles. The highest BCUT2D eigenvalue weighted by Crippen LogP contribution is 2.31. The van der Waals surface area contributed by atoms with Crippen LogP contribution in [0.25, 0.3) is 22.5 Å². The number of hydrogen-bond acceptors (Lipinski definition) is 7. The number of amides is 1. The number of piperidine rings is 1. The highest BCUT2D eigenvalue weighted by Gasteiger charge is 2.24. The van der Waals surface area contributed by atoms with Crippen LogP contribution in [0, 0.1) is 6.92 Å². The summed E-state index contributed by atoms with van der Waals surface area (Å²) in [5.74, 6) is -0.305. The largest absolute Gasteiger partial charge is 0.286 e. The van der Waals surface area contributed by atoms with E-state index in [1.807, 2.05) is 48.3 Å². The number of aryl methyl sites for hydroxylation is 1. The summed E-state index contributed by atoms with van der Waals surface area (Å²) in [7, 11) is 0. The third-order valence-electron chi connectivity index (χ3n) is 5.92. The number of halogens is 1. The van der Waals surface area contributed by atoms with Gasteiger partial charge < -0.3 is 0 Å². The van der Waals surface area contributed by atoms with Crippen LogP contribution in [-0.4, -0.2) is 54.2 Å². The van der Waals surface area contributed by atoms with E-state index in [2.05, 4.69) is 20.8 Å². The predicted molar refractivity (Wildman–Crippen MR) is 132 cm³/mol. The summed E-state index contributed by atoms with van der Waals surface area (Å²) in [6.45, 7) is 3.82. The number of aromatic nitrogens is 6. The van der Waals surface area contributed by atoms with Crippen molar-refractivity contribution >= 4 is 17.5 Å². The van der Waals surface area contributed by atoms with Gasteiger partial charge in [-0.1, -0.05) is 60.0 Å². The molecule has 1 aliphatic rings. The van der Waals surface area contributed by atoms with Gasteiger partial charge in [-0.15, -0.1) is 10.2 Å². The first-order valence-electron chi connectivity index (χ1n) is 11.6. The number of carbonyl (C=O) groups excluding carboxylic acids is 1. The second-order valence-corrected chi connectivity index (χ2v) is 8.98. The molecule has 10 heteroatoms. The lowest BCUT2D eigenvalue weighted by molar-refractivity contribution is 0.0743. The number of nitrogens with one attached hydrogen (secondary N) is 1. The number of nitrogens with zero attached hydrogens (tertiary/aromatic N) is 7. The molecule has 5 rings (SSSR count). The average molecular weight is 489 g/mol. The fourth-order valence-corrected chi connectivity index (χ4v) is 4.21. The van der Waals surface area contributed by atoms with E-state index in [0.717, 1.165) is 42.6 Å². The normalized spacial score (nSPS) is 14.1. The molecule has 0 atom stereocenters. The molecule has 1 amide bonds. The maximum absolute atomic E-state index is 13.5. The summed E-state index contributed by atoms with van der Waals surface area (Å²) in [5.41, 5.74) is 7.82. The first-order valence-corrected chi connectivity index (χ1v) is 12.0. The number of carbonyl (C=O) groups is 1. The Labute approximate surface area is 208 Å². The molecule has 0 radical (unpaired) electrons. The molecular formula is C25H25ClN8O. The Morgan fingerprint density at radius 1 is 0.943 bits per heavy atom. The summed E-state index contributed by atoms with van der Waals surface area (Å²) >= 11 is 6.14. The van der Waals surface area contributed by atoms with Crippen molar-refractivity contribution in [1.29, 1.82) is 0 Å². The zero-order chi connectivity index (χ0) is 24.2. The quantitative estimate of drug-likeness (QED) is 0.438. The lowest BCUT2D eigenvalue weighted by Gasteiger charge is -2.27. The van der Waals surface area contributed by atoms with E-state index in [0.29, 0.717) is 22.1 Å². The Kier molecular flexibility index (Phi) is 6.78. The molecule has 2 aromatic heterocycles. The molecule has 1 aliphatic heterocycles. The van der Waals surface area contributed by atoms with E-state index in [1.54, 1.807) is 12.1 Å². The topological polar surface area (TPSA) is 102 Å². The van der Waals surface area contributed by atoms with E-state index < -0.39 is 0 Å². The second kappa shape index (κ2) is 10.3.